The summed E-state index contributed by atoms with van der Waals surface area (Å²) in [6.45, 7) is 6.05. The van der Waals surface area contributed by atoms with Crippen molar-refractivity contribution in [3.05, 3.63) is 41.8 Å². The van der Waals surface area contributed by atoms with Crippen LogP contribution in [-0.4, -0.2) is 40.7 Å². The number of piperidine rings is 1. The van der Waals surface area contributed by atoms with Gasteiger partial charge >= 0.3 is 6.03 Å². The van der Waals surface area contributed by atoms with E-state index in [4.69, 9.17) is 9.26 Å². The average Bonchev–Trinajstić information content (AvgIpc) is 3.14. The number of hydrogen-bond acceptors (Lipinski definition) is 5. The lowest BCUT2D eigenvalue weighted by Crippen LogP contribution is -2.46. The first-order valence-corrected chi connectivity index (χ1v) is 9.25. The van der Waals surface area contributed by atoms with Crippen molar-refractivity contribution in [1.82, 2.24) is 20.4 Å². The van der Waals surface area contributed by atoms with Crippen molar-refractivity contribution in [2.45, 2.75) is 39.2 Å². The molecule has 2 heterocycles. The van der Waals surface area contributed by atoms with E-state index in [0.29, 0.717) is 24.8 Å². The summed E-state index contributed by atoms with van der Waals surface area (Å²) in [6.07, 6.45) is 1.77. The molecule has 1 aliphatic heterocycles. The Balaban J connectivity index is 1.55. The molecule has 1 aromatic heterocycles. The van der Waals surface area contributed by atoms with Crippen LogP contribution in [0.15, 0.2) is 28.8 Å². The van der Waals surface area contributed by atoms with Gasteiger partial charge in [-0.05, 0) is 30.9 Å². The molecule has 8 heteroatoms. The maximum Gasteiger partial charge on any atom is 0.317 e. The molecule has 2 aromatic rings. The molecule has 1 fully saturated rings. The standard InChI is InChI=1S/C19H25FN4O3/c1-13(2)10-21-19(25)24-9-5-6-14(11-24)18-22-17(27-23-18)12-26-16-8-4-3-7-15(16)20/h3-4,7-8,13-14H,5-6,9-12H2,1-2H3,(H,21,25). The number of carbonyl (C=O) groups is 1. The zero-order chi connectivity index (χ0) is 19.2. The third-order valence-electron chi connectivity index (χ3n) is 4.41. The number of amides is 2. The number of rotatable bonds is 6. The van der Waals surface area contributed by atoms with E-state index in [1.807, 2.05) is 0 Å². The van der Waals surface area contributed by atoms with Crippen LogP contribution in [0.2, 0.25) is 0 Å². The highest BCUT2D eigenvalue weighted by Gasteiger charge is 2.28. The molecule has 2 amide bonds. The van der Waals surface area contributed by atoms with Crippen LogP contribution < -0.4 is 10.1 Å². The van der Waals surface area contributed by atoms with Gasteiger partial charge in [-0.25, -0.2) is 9.18 Å². The summed E-state index contributed by atoms with van der Waals surface area (Å²) in [4.78, 5) is 18.4. The molecule has 7 nitrogen and oxygen atoms in total. The number of carbonyl (C=O) groups excluding carboxylic acids is 1. The molecule has 1 atom stereocenters. The second-order valence-corrected chi connectivity index (χ2v) is 7.13. The van der Waals surface area contributed by atoms with Crippen LogP contribution in [-0.2, 0) is 6.61 Å². The number of hydrogen-bond donors (Lipinski definition) is 1. The number of halogens is 1. The van der Waals surface area contributed by atoms with Crippen molar-refractivity contribution in [1.29, 1.82) is 0 Å². The lowest BCUT2D eigenvalue weighted by atomic mass is 9.97. The van der Waals surface area contributed by atoms with Crippen molar-refractivity contribution in [3.8, 4) is 5.75 Å². The maximum atomic E-state index is 13.6. The summed E-state index contributed by atoms with van der Waals surface area (Å²) in [6, 6.07) is 6.11. The van der Waals surface area contributed by atoms with Crippen LogP contribution in [0.5, 0.6) is 5.75 Å². The summed E-state index contributed by atoms with van der Waals surface area (Å²) in [5, 5.41) is 6.96. The number of nitrogens with zero attached hydrogens (tertiary/aromatic N) is 3. The van der Waals surface area contributed by atoms with E-state index in [0.717, 1.165) is 19.4 Å². The maximum absolute atomic E-state index is 13.6. The van der Waals surface area contributed by atoms with Gasteiger partial charge in [0.05, 0.1) is 0 Å². The monoisotopic (exact) mass is 376 g/mol. The van der Waals surface area contributed by atoms with E-state index < -0.39 is 5.82 Å². The number of urea groups is 1. The minimum atomic E-state index is -0.437. The zero-order valence-corrected chi connectivity index (χ0v) is 15.7. The molecule has 0 saturated carbocycles. The lowest BCUT2D eigenvalue weighted by Gasteiger charge is -2.31. The second kappa shape index (κ2) is 8.83. The highest BCUT2D eigenvalue weighted by atomic mass is 19.1. The molecule has 1 N–H and O–H groups in total. The van der Waals surface area contributed by atoms with Crippen LogP contribution in [0.3, 0.4) is 0 Å². The van der Waals surface area contributed by atoms with Gasteiger partial charge < -0.3 is 19.5 Å². The summed E-state index contributed by atoms with van der Waals surface area (Å²) < 4.78 is 24.2. The Morgan fingerprint density at radius 1 is 1.44 bits per heavy atom. The first-order valence-electron chi connectivity index (χ1n) is 9.25. The highest BCUT2D eigenvalue weighted by Crippen LogP contribution is 2.25. The second-order valence-electron chi connectivity index (χ2n) is 7.13. The van der Waals surface area contributed by atoms with E-state index in [1.165, 1.54) is 6.07 Å². The Morgan fingerprint density at radius 3 is 3.04 bits per heavy atom. The number of aromatic nitrogens is 2. The quantitative estimate of drug-likeness (QED) is 0.836. The van der Waals surface area contributed by atoms with Crippen LogP contribution in [0.25, 0.3) is 0 Å². The van der Waals surface area contributed by atoms with Crippen LogP contribution >= 0.6 is 0 Å². The van der Waals surface area contributed by atoms with Gasteiger partial charge in [0, 0.05) is 25.6 Å². The van der Waals surface area contributed by atoms with Crippen molar-refractivity contribution < 1.29 is 18.4 Å². The molecule has 0 spiro atoms. The van der Waals surface area contributed by atoms with E-state index in [9.17, 15) is 9.18 Å². The number of benzene rings is 1. The van der Waals surface area contributed by atoms with E-state index in [-0.39, 0.29) is 30.2 Å². The molecule has 0 bridgehead atoms. The van der Waals surface area contributed by atoms with Crippen molar-refractivity contribution in [2.75, 3.05) is 19.6 Å². The number of ether oxygens (including phenoxy) is 1. The predicted molar refractivity (Wildman–Crippen MR) is 96.8 cm³/mol. The van der Waals surface area contributed by atoms with Crippen molar-refractivity contribution in [3.63, 3.8) is 0 Å². The van der Waals surface area contributed by atoms with E-state index in [1.54, 1.807) is 23.1 Å². The van der Waals surface area contributed by atoms with Gasteiger partial charge in [0.2, 0.25) is 0 Å². The third-order valence-corrected chi connectivity index (χ3v) is 4.41. The van der Waals surface area contributed by atoms with Crippen LogP contribution in [0, 0.1) is 11.7 Å². The van der Waals surface area contributed by atoms with Gasteiger partial charge in [-0.1, -0.05) is 31.1 Å². The third kappa shape index (κ3) is 5.18. The Kier molecular flexibility index (Phi) is 6.26. The zero-order valence-electron chi connectivity index (χ0n) is 15.7. The topological polar surface area (TPSA) is 80.5 Å². The fraction of sp³-hybridized carbons (Fsp3) is 0.526. The average molecular weight is 376 g/mol. The predicted octanol–water partition coefficient (Wildman–Crippen LogP) is 3.33. The SMILES string of the molecule is CC(C)CNC(=O)N1CCCC(c2noc(COc3ccccc3F)n2)C1. The Bertz CT molecular complexity index is 765. The molecule has 3 rings (SSSR count). The van der Waals surface area contributed by atoms with Gasteiger partial charge in [-0.3, -0.25) is 0 Å². The van der Waals surface area contributed by atoms with Gasteiger partial charge in [-0.2, -0.15) is 4.98 Å². The normalized spacial score (nSPS) is 17.2. The van der Waals surface area contributed by atoms with E-state index in [2.05, 4.69) is 29.3 Å². The number of para-hydroxylation sites is 1. The van der Waals surface area contributed by atoms with E-state index >= 15 is 0 Å². The minimum Gasteiger partial charge on any atom is -0.481 e. The molecule has 0 aliphatic carbocycles. The first-order chi connectivity index (χ1) is 13.0. The molecular formula is C19H25FN4O3. The van der Waals surface area contributed by atoms with Crippen LogP contribution in [0.1, 0.15) is 44.3 Å². The lowest BCUT2D eigenvalue weighted by molar-refractivity contribution is 0.176. The molecular weight excluding hydrogens is 351 g/mol. The molecule has 1 aliphatic rings. The smallest absolute Gasteiger partial charge is 0.317 e. The molecule has 146 valence electrons. The van der Waals surface area contributed by atoms with Crippen molar-refractivity contribution >= 4 is 6.03 Å². The Hall–Kier alpha value is -2.64. The summed E-state index contributed by atoms with van der Waals surface area (Å²) in [5.74, 6) is 0.979. The first kappa shape index (κ1) is 19.1. The van der Waals surface area contributed by atoms with Gasteiger partial charge in [0.25, 0.3) is 5.89 Å². The largest absolute Gasteiger partial charge is 0.481 e. The molecule has 1 saturated heterocycles. The van der Waals surface area contributed by atoms with Crippen molar-refractivity contribution in [2.24, 2.45) is 5.92 Å². The molecule has 1 aromatic carbocycles. The summed E-state index contributed by atoms with van der Waals surface area (Å²) in [5.41, 5.74) is 0. The summed E-state index contributed by atoms with van der Waals surface area (Å²) >= 11 is 0. The fourth-order valence-electron chi connectivity index (χ4n) is 2.97. The minimum absolute atomic E-state index is 0.000752. The number of likely N-dealkylation sites (tertiary alicyclic amines) is 1. The van der Waals surface area contributed by atoms with Gasteiger partial charge in [0.15, 0.2) is 24.0 Å². The molecule has 27 heavy (non-hydrogen) atoms. The molecule has 0 radical (unpaired) electrons. The molecule has 1 unspecified atom stereocenters. The number of nitrogens with one attached hydrogen (secondary N) is 1. The van der Waals surface area contributed by atoms with Crippen LogP contribution in [0.4, 0.5) is 9.18 Å². The Morgan fingerprint density at radius 2 is 2.26 bits per heavy atom. The van der Waals surface area contributed by atoms with Gasteiger partial charge in [0.1, 0.15) is 0 Å². The highest BCUT2D eigenvalue weighted by molar-refractivity contribution is 5.74. The fourth-order valence-corrected chi connectivity index (χ4v) is 2.97. The summed E-state index contributed by atoms with van der Waals surface area (Å²) in [7, 11) is 0. The Labute approximate surface area is 157 Å². The van der Waals surface area contributed by atoms with Gasteiger partial charge in [-0.15, -0.1) is 0 Å².